The summed E-state index contributed by atoms with van der Waals surface area (Å²) in [7, 11) is 0. The zero-order valence-electron chi connectivity index (χ0n) is 15.4. The minimum atomic E-state index is -0.260. The van der Waals surface area contributed by atoms with Gasteiger partial charge in [0.15, 0.2) is 0 Å². The van der Waals surface area contributed by atoms with Gasteiger partial charge in [0.25, 0.3) is 0 Å². The molecular weight excluding hydrogens is 280 g/mol. The molecule has 0 rings (SSSR count). The Morgan fingerprint density at radius 1 is 0.591 bits per heavy atom. The summed E-state index contributed by atoms with van der Waals surface area (Å²) in [5.41, 5.74) is 0. The zero-order valence-corrected chi connectivity index (χ0v) is 15.4. The van der Waals surface area contributed by atoms with Crippen molar-refractivity contribution < 1.29 is 20.0 Å². The quantitative estimate of drug-likeness (QED) is 0.308. The zero-order chi connectivity index (χ0) is 17.1. The molecule has 2 N–H and O–H groups in total. The highest BCUT2D eigenvalue weighted by Gasteiger charge is 2.14. The predicted octanol–water partition coefficient (Wildman–Crippen LogP) is 3.80. The van der Waals surface area contributed by atoms with Crippen LogP contribution in [0.15, 0.2) is 0 Å². The van der Waals surface area contributed by atoms with Gasteiger partial charge in [-0.15, -0.1) is 0 Å². The van der Waals surface area contributed by atoms with Gasteiger partial charge < -0.3 is 10.2 Å². The Morgan fingerprint density at radius 2 is 0.909 bits per heavy atom. The lowest BCUT2D eigenvalue weighted by molar-refractivity contribution is -0.307. The fourth-order valence-corrected chi connectivity index (χ4v) is 2.67. The van der Waals surface area contributed by atoms with Crippen LogP contribution in [0.3, 0.4) is 0 Å². The number of hydrogen-bond acceptors (Lipinski definition) is 4. The average Bonchev–Trinajstić information content (AvgIpc) is 2.32. The lowest BCUT2D eigenvalue weighted by atomic mass is 9.97. The fraction of sp³-hybridized carbons (Fsp3) is 1.00. The van der Waals surface area contributed by atoms with Gasteiger partial charge in [-0.1, -0.05) is 41.5 Å². The molecule has 0 bridgehead atoms. The van der Waals surface area contributed by atoms with Crippen LogP contribution in [0.1, 0.15) is 67.2 Å². The third-order valence-electron chi connectivity index (χ3n) is 3.62. The summed E-state index contributed by atoms with van der Waals surface area (Å²) in [4.78, 5) is 10.5. The summed E-state index contributed by atoms with van der Waals surface area (Å²) in [6, 6.07) is 0. The van der Waals surface area contributed by atoms with E-state index in [1.807, 2.05) is 0 Å². The predicted molar refractivity (Wildman–Crippen MR) is 90.4 cm³/mol. The monoisotopic (exact) mass is 318 g/mol. The minimum absolute atomic E-state index is 0.260. The molecule has 0 aromatic rings. The van der Waals surface area contributed by atoms with Crippen molar-refractivity contribution in [1.82, 2.24) is 0 Å². The van der Waals surface area contributed by atoms with Crippen LogP contribution in [-0.2, 0) is 9.78 Å². The standard InChI is InChI=1S/C18H38O4/c1-13(2)7-17(19)9-15(5)11-21-22-12-16(6)10-18(20)8-14(3)4/h13-20H,7-12H2,1-6H3. The minimum Gasteiger partial charge on any atom is -0.393 e. The first-order chi connectivity index (χ1) is 10.2. The lowest BCUT2D eigenvalue weighted by Crippen LogP contribution is -2.20. The van der Waals surface area contributed by atoms with Crippen molar-refractivity contribution in [1.29, 1.82) is 0 Å². The third-order valence-corrected chi connectivity index (χ3v) is 3.62. The van der Waals surface area contributed by atoms with E-state index in [-0.39, 0.29) is 24.0 Å². The molecule has 0 aliphatic heterocycles. The van der Waals surface area contributed by atoms with Crippen molar-refractivity contribution in [2.75, 3.05) is 13.2 Å². The highest BCUT2D eigenvalue weighted by Crippen LogP contribution is 2.15. The van der Waals surface area contributed by atoms with E-state index in [0.29, 0.717) is 25.0 Å². The van der Waals surface area contributed by atoms with E-state index >= 15 is 0 Å². The smallest absolute Gasteiger partial charge is 0.0848 e. The molecule has 0 aromatic carbocycles. The van der Waals surface area contributed by atoms with E-state index in [4.69, 9.17) is 9.78 Å². The Labute approximate surface area is 137 Å². The highest BCUT2D eigenvalue weighted by molar-refractivity contribution is 4.64. The molecule has 4 atom stereocenters. The second kappa shape index (κ2) is 12.3. The van der Waals surface area contributed by atoms with Crippen molar-refractivity contribution >= 4 is 0 Å². The maximum absolute atomic E-state index is 9.88. The Bertz CT molecular complexity index is 229. The van der Waals surface area contributed by atoms with Gasteiger partial charge in [0.1, 0.15) is 0 Å². The van der Waals surface area contributed by atoms with Crippen LogP contribution in [0.2, 0.25) is 0 Å². The summed E-state index contributed by atoms with van der Waals surface area (Å²) in [6.45, 7) is 13.6. The van der Waals surface area contributed by atoms with Gasteiger partial charge in [-0.3, -0.25) is 0 Å². The van der Waals surface area contributed by atoms with Gasteiger partial charge in [0, 0.05) is 0 Å². The number of aliphatic hydroxyl groups excluding tert-OH is 2. The number of hydrogen-bond donors (Lipinski definition) is 2. The van der Waals surface area contributed by atoms with Crippen molar-refractivity contribution in [3.63, 3.8) is 0 Å². The Balaban J connectivity index is 3.66. The van der Waals surface area contributed by atoms with Crippen LogP contribution in [-0.4, -0.2) is 35.6 Å². The second-order valence-electron chi connectivity index (χ2n) is 7.82. The Hall–Kier alpha value is -0.160. The molecule has 0 aliphatic rings. The molecule has 0 aliphatic carbocycles. The van der Waals surface area contributed by atoms with E-state index in [0.717, 1.165) is 25.7 Å². The van der Waals surface area contributed by atoms with Crippen molar-refractivity contribution in [2.24, 2.45) is 23.7 Å². The molecule has 4 nitrogen and oxygen atoms in total. The molecule has 0 radical (unpaired) electrons. The van der Waals surface area contributed by atoms with E-state index in [9.17, 15) is 10.2 Å². The van der Waals surface area contributed by atoms with Crippen LogP contribution in [0.5, 0.6) is 0 Å². The highest BCUT2D eigenvalue weighted by atomic mass is 17.2. The van der Waals surface area contributed by atoms with Gasteiger partial charge in [0.2, 0.25) is 0 Å². The summed E-state index contributed by atoms with van der Waals surface area (Å²) >= 11 is 0. The van der Waals surface area contributed by atoms with Gasteiger partial charge in [-0.05, 0) is 49.4 Å². The van der Waals surface area contributed by atoms with Gasteiger partial charge in [-0.2, -0.15) is 0 Å². The first kappa shape index (κ1) is 21.8. The molecule has 4 heteroatoms. The lowest BCUT2D eigenvalue weighted by Gasteiger charge is -2.19. The van der Waals surface area contributed by atoms with Crippen molar-refractivity contribution in [3.8, 4) is 0 Å². The first-order valence-electron chi connectivity index (χ1n) is 8.81. The van der Waals surface area contributed by atoms with Crippen molar-refractivity contribution in [3.05, 3.63) is 0 Å². The van der Waals surface area contributed by atoms with Crippen LogP contribution in [0, 0.1) is 23.7 Å². The molecular formula is C18H38O4. The van der Waals surface area contributed by atoms with E-state index < -0.39 is 0 Å². The van der Waals surface area contributed by atoms with Gasteiger partial charge >= 0.3 is 0 Å². The summed E-state index contributed by atoms with van der Waals surface area (Å²) in [5, 5.41) is 19.8. The molecule has 0 spiro atoms. The maximum Gasteiger partial charge on any atom is 0.0848 e. The third kappa shape index (κ3) is 13.5. The summed E-state index contributed by atoms with van der Waals surface area (Å²) < 4.78 is 0. The number of aliphatic hydroxyl groups is 2. The normalized spacial score (nSPS) is 17.7. The molecule has 0 aromatic heterocycles. The Kier molecular flexibility index (Phi) is 12.2. The molecule has 0 heterocycles. The van der Waals surface area contributed by atoms with Gasteiger partial charge in [0.05, 0.1) is 25.4 Å². The van der Waals surface area contributed by atoms with E-state index in [1.54, 1.807) is 0 Å². The molecule has 0 amide bonds. The maximum atomic E-state index is 9.88. The molecule has 0 fully saturated rings. The van der Waals surface area contributed by atoms with E-state index in [1.165, 1.54) is 0 Å². The molecule has 0 saturated heterocycles. The van der Waals surface area contributed by atoms with Crippen LogP contribution < -0.4 is 0 Å². The average molecular weight is 318 g/mol. The summed E-state index contributed by atoms with van der Waals surface area (Å²) in [5.74, 6) is 1.57. The Morgan fingerprint density at radius 3 is 1.18 bits per heavy atom. The molecule has 134 valence electrons. The van der Waals surface area contributed by atoms with Crippen LogP contribution in [0.25, 0.3) is 0 Å². The molecule has 4 unspecified atom stereocenters. The second-order valence-corrected chi connectivity index (χ2v) is 7.82. The topological polar surface area (TPSA) is 58.9 Å². The fourth-order valence-electron chi connectivity index (χ4n) is 2.67. The SMILES string of the molecule is CC(C)CC(O)CC(C)COOCC(C)CC(O)CC(C)C. The number of rotatable bonds is 13. The summed E-state index contributed by atoms with van der Waals surface area (Å²) in [6.07, 6.45) is 2.62. The van der Waals surface area contributed by atoms with E-state index in [2.05, 4.69) is 41.5 Å². The van der Waals surface area contributed by atoms with Crippen LogP contribution >= 0.6 is 0 Å². The van der Waals surface area contributed by atoms with Crippen molar-refractivity contribution in [2.45, 2.75) is 79.4 Å². The molecule has 0 saturated carbocycles. The van der Waals surface area contributed by atoms with Gasteiger partial charge in [-0.25, -0.2) is 9.78 Å². The largest absolute Gasteiger partial charge is 0.393 e. The molecule has 22 heavy (non-hydrogen) atoms. The van der Waals surface area contributed by atoms with Crippen LogP contribution in [0.4, 0.5) is 0 Å². The first-order valence-corrected chi connectivity index (χ1v) is 8.81.